The summed E-state index contributed by atoms with van der Waals surface area (Å²) in [5.74, 6) is -1.42. The number of carbonyl (C=O) groups is 3. The van der Waals surface area contributed by atoms with Crippen LogP contribution in [0.2, 0.25) is 0 Å². The van der Waals surface area contributed by atoms with Crippen molar-refractivity contribution in [3.05, 3.63) is 59.7 Å². The highest BCUT2D eigenvalue weighted by Crippen LogP contribution is 2.44. The van der Waals surface area contributed by atoms with Gasteiger partial charge in [0.15, 0.2) is 0 Å². The lowest BCUT2D eigenvalue weighted by Crippen LogP contribution is -2.52. The number of aliphatic carboxylic acids is 1. The van der Waals surface area contributed by atoms with E-state index in [2.05, 4.69) is 17.4 Å². The fourth-order valence-corrected chi connectivity index (χ4v) is 5.18. The summed E-state index contributed by atoms with van der Waals surface area (Å²) in [6, 6.07) is 14.1. The van der Waals surface area contributed by atoms with Crippen LogP contribution >= 0.6 is 0 Å². The number of fused-ring (bicyclic) bond motifs is 3. The van der Waals surface area contributed by atoms with Gasteiger partial charge < -0.3 is 25.2 Å². The highest BCUT2D eigenvalue weighted by atomic mass is 16.5. The zero-order chi connectivity index (χ0) is 23.8. The van der Waals surface area contributed by atoms with Crippen molar-refractivity contribution in [3.63, 3.8) is 0 Å². The average Bonchev–Trinajstić information content (AvgIpc) is 3.47. The Bertz CT molecular complexity index is 1070. The van der Waals surface area contributed by atoms with E-state index in [0.717, 1.165) is 35.1 Å². The van der Waals surface area contributed by atoms with Gasteiger partial charge in [-0.2, -0.15) is 0 Å². The number of benzene rings is 2. The molecule has 1 saturated heterocycles. The normalized spacial score (nSPS) is 22.1. The molecule has 8 nitrogen and oxygen atoms in total. The van der Waals surface area contributed by atoms with Crippen LogP contribution < -0.4 is 5.32 Å². The number of ether oxygens (including phenoxy) is 1. The van der Waals surface area contributed by atoms with E-state index >= 15 is 0 Å². The number of rotatable bonds is 7. The number of carbonyl (C=O) groups excluding carboxylic acids is 2. The largest absolute Gasteiger partial charge is 0.480 e. The van der Waals surface area contributed by atoms with E-state index in [1.165, 1.54) is 4.90 Å². The van der Waals surface area contributed by atoms with Gasteiger partial charge in [-0.15, -0.1) is 0 Å². The maximum Gasteiger partial charge on any atom is 0.407 e. The summed E-state index contributed by atoms with van der Waals surface area (Å²) in [6.07, 6.45) is 0.778. The molecule has 3 atom stereocenters. The van der Waals surface area contributed by atoms with Crippen molar-refractivity contribution in [3.8, 4) is 11.1 Å². The minimum atomic E-state index is -1.16. The molecule has 2 amide bonds. The average molecular weight is 465 g/mol. The first-order valence-corrected chi connectivity index (χ1v) is 11.7. The maximum atomic E-state index is 13.2. The number of likely N-dealkylation sites (tertiary alicyclic amines) is 1. The number of nitrogens with one attached hydrogen (secondary N) is 1. The van der Waals surface area contributed by atoms with Crippen molar-refractivity contribution >= 4 is 18.0 Å². The third kappa shape index (κ3) is 4.37. The molecule has 2 aliphatic carbocycles. The first kappa shape index (κ1) is 22.4. The van der Waals surface area contributed by atoms with Crippen LogP contribution in [0.5, 0.6) is 0 Å². The molecule has 3 aliphatic rings. The van der Waals surface area contributed by atoms with Crippen LogP contribution in [0.25, 0.3) is 11.1 Å². The molecule has 1 saturated carbocycles. The Morgan fingerprint density at radius 1 is 1.03 bits per heavy atom. The molecular weight excluding hydrogens is 436 g/mol. The molecule has 0 spiro atoms. The Kier molecular flexibility index (Phi) is 6.00. The molecule has 5 rings (SSSR count). The third-order valence-corrected chi connectivity index (χ3v) is 7.05. The zero-order valence-electron chi connectivity index (χ0n) is 18.7. The minimum absolute atomic E-state index is 0.0117. The molecule has 2 fully saturated rings. The summed E-state index contributed by atoms with van der Waals surface area (Å²) in [6.45, 7) is 0.0771. The Morgan fingerprint density at radius 3 is 2.24 bits per heavy atom. The van der Waals surface area contributed by atoms with E-state index in [-0.39, 0.29) is 25.5 Å². The lowest BCUT2D eigenvalue weighted by molar-refractivity contribution is -0.149. The summed E-state index contributed by atoms with van der Waals surface area (Å²) in [4.78, 5) is 38.7. The number of aliphatic hydroxyl groups excluding tert-OH is 1. The van der Waals surface area contributed by atoms with Gasteiger partial charge in [0.2, 0.25) is 5.91 Å². The highest BCUT2D eigenvalue weighted by Gasteiger charge is 2.43. The number of amides is 2. The second-order valence-electron chi connectivity index (χ2n) is 9.44. The quantitative estimate of drug-likeness (QED) is 0.580. The summed E-state index contributed by atoms with van der Waals surface area (Å²) in [7, 11) is 0. The van der Waals surface area contributed by atoms with E-state index < -0.39 is 36.2 Å². The first-order chi connectivity index (χ1) is 16.4. The fraction of sp³-hybridized carbons (Fsp3) is 0.423. The van der Waals surface area contributed by atoms with Gasteiger partial charge in [0.1, 0.15) is 18.7 Å². The number of alkyl carbamates (subject to hydrolysis) is 1. The van der Waals surface area contributed by atoms with Gasteiger partial charge in [0, 0.05) is 18.9 Å². The molecule has 8 heteroatoms. The second kappa shape index (κ2) is 9.10. The van der Waals surface area contributed by atoms with Crippen molar-refractivity contribution in [2.75, 3.05) is 13.2 Å². The van der Waals surface area contributed by atoms with Gasteiger partial charge in [-0.3, -0.25) is 4.79 Å². The molecule has 1 aliphatic heterocycles. The number of hydrogen-bond donors (Lipinski definition) is 3. The number of hydrogen-bond acceptors (Lipinski definition) is 5. The Balaban J connectivity index is 1.27. The molecule has 0 unspecified atom stereocenters. The standard InChI is InChI=1S/C26H28N2O6/c29-16-12-23(25(31)32)28(13-16)24(30)22(11-15-9-10-15)27-26(33)34-14-21-19-7-3-1-5-17(19)18-6-2-4-8-20(18)21/h1-8,15-16,21-23,29H,9-14H2,(H,27,33)(H,31,32)/t16-,22+,23+/m1/s1. The van der Waals surface area contributed by atoms with E-state index in [0.29, 0.717) is 12.3 Å². The van der Waals surface area contributed by atoms with Gasteiger partial charge in [-0.1, -0.05) is 61.4 Å². The summed E-state index contributed by atoms with van der Waals surface area (Å²) < 4.78 is 5.59. The van der Waals surface area contributed by atoms with Gasteiger partial charge >= 0.3 is 12.1 Å². The lowest BCUT2D eigenvalue weighted by Gasteiger charge is -2.27. The predicted molar refractivity (Wildman–Crippen MR) is 123 cm³/mol. The Morgan fingerprint density at radius 2 is 1.65 bits per heavy atom. The van der Waals surface area contributed by atoms with E-state index in [1.54, 1.807) is 0 Å². The van der Waals surface area contributed by atoms with Crippen molar-refractivity contribution in [1.29, 1.82) is 0 Å². The molecular formula is C26H28N2O6. The Labute approximate surface area is 197 Å². The van der Waals surface area contributed by atoms with E-state index in [1.807, 2.05) is 36.4 Å². The van der Waals surface area contributed by atoms with Crippen LogP contribution in [-0.2, 0) is 14.3 Å². The molecule has 34 heavy (non-hydrogen) atoms. The van der Waals surface area contributed by atoms with Crippen LogP contribution in [0, 0.1) is 5.92 Å². The monoisotopic (exact) mass is 464 g/mol. The third-order valence-electron chi connectivity index (χ3n) is 7.05. The maximum absolute atomic E-state index is 13.2. The lowest BCUT2D eigenvalue weighted by atomic mass is 9.98. The van der Waals surface area contributed by atoms with Crippen molar-refractivity contribution in [1.82, 2.24) is 10.2 Å². The van der Waals surface area contributed by atoms with E-state index in [9.17, 15) is 24.6 Å². The molecule has 0 bridgehead atoms. The number of carboxylic acids is 1. The smallest absolute Gasteiger partial charge is 0.407 e. The van der Waals surface area contributed by atoms with E-state index in [4.69, 9.17) is 4.74 Å². The predicted octanol–water partition coefficient (Wildman–Crippen LogP) is 2.74. The first-order valence-electron chi connectivity index (χ1n) is 11.7. The summed E-state index contributed by atoms with van der Waals surface area (Å²) >= 11 is 0. The van der Waals surface area contributed by atoms with Gasteiger partial charge in [-0.25, -0.2) is 9.59 Å². The summed E-state index contributed by atoms with van der Waals surface area (Å²) in [5.41, 5.74) is 4.44. The van der Waals surface area contributed by atoms with Gasteiger partial charge in [0.05, 0.1) is 6.10 Å². The van der Waals surface area contributed by atoms with Gasteiger partial charge in [0.25, 0.3) is 0 Å². The van der Waals surface area contributed by atoms with Crippen LogP contribution in [0.4, 0.5) is 4.79 Å². The second-order valence-corrected chi connectivity index (χ2v) is 9.44. The number of carboxylic acid groups (broad SMARTS) is 1. The SMILES string of the molecule is O=C(N[C@@H](CC1CC1)C(=O)N1C[C@H](O)C[C@H]1C(=O)O)OCC1c2ccccc2-c2ccccc21. The molecule has 2 aromatic carbocycles. The molecule has 2 aromatic rings. The van der Waals surface area contributed by atoms with Crippen molar-refractivity contribution in [2.24, 2.45) is 5.92 Å². The molecule has 0 aromatic heterocycles. The molecule has 3 N–H and O–H groups in total. The fourth-order valence-electron chi connectivity index (χ4n) is 5.18. The van der Waals surface area contributed by atoms with Crippen molar-refractivity contribution < 1.29 is 29.3 Å². The van der Waals surface area contributed by atoms with Crippen LogP contribution in [0.3, 0.4) is 0 Å². The molecule has 0 radical (unpaired) electrons. The number of nitrogens with zero attached hydrogens (tertiary/aromatic N) is 1. The highest BCUT2D eigenvalue weighted by molar-refractivity contribution is 5.90. The van der Waals surface area contributed by atoms with Gasteiger partial charge in [-0.05, 0) is 34.6 Å². The van der Waals surface area contributed by atoms with Crippen molar-refractivity contribution in [2.45, 2.75) is 49.8 Å². The number of aliphatic hydroxyl groups is 1. The minimum Gasteiger partial charge on any atom is -0.480 e. The van der Waals surface area contributed by atoms with Crippen LogP contribution in [-0.4, -0.2) is 64.4 Å². The summed E-state index contributed by atoms with van der Waals surface area (Å²) in [5, 5.41) is 22.1. The molecule has 1 heterocycles. The molecule has 178 valence electrons. The number of β-amino-alcohol motifs (C(OH)–C–C–N with tert-alkyl or cyclic N) is 1. The Hall–Kier alpha value is -3.39. The van der Waals surface area contributed by atoms with Crippen LogP contribution in [0.1, 0.15) is 42.7 Å². The van der Waals surface area contributed by atoms with Crippen LogP contribution in [0.15, 0.2) is 48.5 Å². The zero-order valence-corrected chi connectivity index (χ0v) is 18.7. The topological polar surface area (TPSA) is 116 Å².